The van der Waals surface area contributed by atoms with Gasteiger partial charge in [0.2, 0.25) is 11.9 Å². The average molecular weight is 426 g/mol. The third-order valence-electron chi connectivity index (χ3n) is 5.16. The van der Waals surface area contributed by atoms with Gasteiger partial charge >= 0.3 is 0 Å². The molecule has 2 aliphatic heterocycles. The molecule has 3 rings (SSSR count). The Morgan fingerprint density at radius 1 is 1.23 bits per heavy atom. The van der Waals surface area contributed by atoms with Crippen LogP contribution in [0.2, 0.25) is 0 Å². The van der Waals surface area contributed by atoms with E-state index in [1.807, 2.05) is 25.8 Å². The zero-order chi connectivity index (χ0) is 18.7. The Morgan fingerprint density at radius 2 is 1.81 bits per heavy atom. The van der Waals surface area contributed by atoms with E-state index in [1.165, 1.54) is 0 Å². The first kappa shape index (κ1) is 19.5. The van der Waals surface area contributed by atoms with E-state index in [4.69, 9.17) is 4.74 Å². The number of hydrogen-bond acceptors (Lipinski definition) is 6. The SMILES string of the molecule is CC1CN(C(=O)CN2CCC(N(C)c3ncc(Br)cn3)CC2)CC(C)O1. The van der Waals surface area contributed by atoms with Gasteiger partial charge in [-0.15, -0.1) is 0 Å². The van der Waals surface area contributed by atoms with Gasteiger partial charge in [-0.25, -0.2) is 9.97 Å². The van der Waals surface area contributed by atoms with Crippen LogP contribution in [0.4, 0.5) is 5.95 Å². The molecule has 1 aromatic rings. The molecule has 0 aromatic carbocycles. The van der Waals surface area contributed by atoms with Crippen LogP contribution in [0.25, 0.3) is 0 Å². The van der Waals surface area contributed by atoms with E-state index in [9.17, 15) is 4.79 Å². The van der Waals surface area contributed by atoms with Gasteiger partial charge in [0.15, 0.2) is 0 Å². The van der Waals surface area contributed by atoms with Crippen LogP contribution in [-0.2, 0) is 9.53 Å². The molecule has 0 saturated carbocycles. The number of hydrogen-bond donors (Lipinski definition) is 0. The topological polar surface area (TPSA) is 61.8 Å². The summed E-state index contributed by atoms with van der Waals surface area (Å²) in [7, 11) is 2.05. The van der Waals surface area contributed by atoms with E-state index in [0.717, 1.165) is 36.4 Å². The third kappa shape index (κ3) is 4.92. The second-order valence-corrected chi connectivity index (χ2v) is 8.29. The molecule has 7 nitrogen and oxygen atoms in total. The molecule has 0 aliphatic carbocycles. The summed E-state index contributed by atoms with van der Waals surface area (Å²) < 4.78 is 6.60. The van der Waals surface area contributed by atoms with Gasteiger partial charge in [-0.05, 0) is 42.6 Å². The molecule has 3 heterocycles. The van der Waals surface area contributed by atoms with Crippen molar-refractivity contribution in [3.8, 4) is 0 Å². The molecule has 2 atom stereocenters. The van der Waals surface area contributed by atoms with Crippen molar-refractivity contribution in [3.63, 3.8) is 0 Å². The Morgan fingerprint density at radius 3 is 2.38 bits per heavy atom. The van der Waals surface area contributed by atoms with Crippen LogP contribution < -0.4 is 4.90 Å². The maximum atomic E-state index is 12.6. The Labute approximate surface area is 163 Å². The first-order chi connectivity index (χ1) is 12.4. The monoisotopic (exact) mass is 425 g/mol. The lowest BCUT2D eigenvalue weighted by molar-refractivity contribution is -0.144. The highest BCUT2D eigenvalue weighted by Crippen LogP contribution is 2.20. The normalized spacial score (nSPS) is 25.3. The highest BCUT2D eigenvalue weighted by molar-refractivity contribution is 9.10. The molecule has 2 saturated heterocycles. The third-order valence-corrected chi connectivity index (χ3v) is 5.57. The number of carbonyl (C=O) groups is 1. The zero-order valence-electron chi connectivity index (χ0n) is 15.8. The van der Waals surface area contributed by atoms with E-state index in [2.05, 4.69) is 35.7 Å². The number of piperidine rings is 1. The number of halogens is 1. The number of amides is 1. The fraction of sp³-hybridized carbons (Fsp3) is 0.722. The summed E-state index contributed by atoms with van der Waals surface area (Å²) in [5, 5.41) is 0. The largest absolute Gasteiger partial charge is 0.372 e. The molecule has 8 heteroatoms. The van der Waals surface area contributed by atoms with E-state index in [0.29, 0.717) is 25.7 Å². The van der Waals surface area contributed by atoms with Crippen LogP contribution in [0.1, 0.15) is 26.7 Å². The summed E-state index contributed by atoms with van der Waals surface area (Å²) in [6.45, 7) is 7.81. The first-order valence-corrected chi connectivity index (χ1v) is 10.1. The summed E-state index contributed by atoms with van der Waals surface area (Å²) >= 11 is 3.37. The van der Waals surface area contributed by atoms with Crippen LogP contribution in [0.5, 0.6) is 0 Å². The van der Waals surface area contributed by atoms with Gasteiger partial charge < -0.3 is 14.5 Å². The van der Waals surface area contributed by atoms with Crippen molar-refractivity contribution in [1.82, 2.24) is 19.8 Å². The highest BCUT2D eigenvalue weighted by atomic mass is 79.9. The zero-order valence-corrected chi connectivity index (χ0v) is 17.4. The molecule has 2 fully saturated rings. The maximum absolute atomic E-state index is 12.6. The first-order valence-electron chi connectivity index (χ1n) is 9.28. The van der Waals surface area contributed by atoms with Gasteiger partial charge in [-0.2, -0.15) is 0 Å². The van der Waals surface area contributed by atoms with Gasteiger partial charge in [0.05, 0.1) is 23.2 Å². The van der Waals surface area contributed by atoms with Gasteiger partial charge in [-0.3, -0.25) is 9.69 Å². The molecule has 1 amide bonds. The van der Waals surface area contributed by atoms with Gasteiger partial charge in [0.25, 0.3) is 0 Å². The molecule has 0 bridgehead atoms. The average Bonchev–Trinajstić information content (AvgIpc) is 2.61. The minimum Gasteiger partial charge on any atom is -0.372 e. The van der Waals surface area contributed by atoms with E-state index < -0.39 is 0 Å². The van der Waals surface area contributed by atoms with Crippen LogP contribution >= 0.6 is 15.9 Å². The van der Waals surface area contributed by atoms with Crippen LogP contribution in [0, 0.1) is 0 Å². The number of morpholine rings is 1. The number of anilines is 1. The summed E-state index contributed by atoms with van der Waals surface area (Å²) in [5.41, 5.74) is 0. The maximum Gasteiger partial charge on any atom is 0.236 e. The Balaban J connectivity index is 1.47. The van der Waals surface area contributed by atoms with Gasteiger partial charge in [0.1, 0.15) is 0 Å². The molecule has 0 radical (unpaired) electrons. The van der Waals surface area contributed by atoms with E-state index in [-0.39, 0.29) is 18.1 Å². The highest BCUT2D eigenvalue weighted by Gasteiger charge is 2.29. The lowest BCUT2D eigenvalue weighted by Gasteiger charge is -2.39. The van der Waals surface area contributed by atoms with Crippen LogP contribution in [-0.4, -0.2) is 83.7 Å². The Bertz CT molecular complexity index is 596. The van der Waals surface area contributed by atoms with Crippen molar-refractivity contribution in [2.45, 2.75) is 44.9 Å². The molecule has 2 unspecified atom stereocenters. The standard InChI is InChI=1S/C18H28BrN5O2/c1-13-10-24(11-14(2)26-13)17(25)12-23-6-4-16(5-7-23)22(3)18-20-8-15(19)9-21-18/h8-9,13-14,16H,4-7,10-12H2,1-3H3. The van der Waals surface area contributed by atoms with Crippen LogP contribution in [0.15, 0.2) is 16.9 Å². The Kier molecular flexibility index (Phi) is 6.47. The van der Waals surface area contributed by atoms with Crippen molar-refractivity contribution in [1.29, 1.82) is 0 Å². The fourth-order valence-electron chi connectivity index (χ4n) is 3.79. The Hall–Kier alpha value is -1.25. The second kappa shape index (κ2) is 8.63. The summed E-state index contributed by atoms with van der Waals surface area (Å²) in [5.74, 6) is 0.967. The molecule has 0 spiro atoms. The van der Waals surface area contributed by atoms with Gasteiger partial charge in [-0.1, -0.05) is 0 Å². The lowest BCUT2D eigenvalue weighted by Crippen LogP contribution is -2.52. The van der Waals surface area contributed by atoms with Crippen LogP contribution in [0.3, 0.4) is 0 Å². The number of rotatable bonds is 4. The van der Waals surface area contributed by atoms with E-state index in [1.54, 1.807) is 12.4 Å². The molecular formula is C18H28BrN5O2. The number of aromatic nitrogens is 2. The van der Waals surface area contributed by atoms with Crippen molar-refractivity contribution in [3.05, 3.63) is 16.9 Å². The minimum absolute atomic E-state index is 0.119. The molecule has 26 heavy (non-hydrogen) atoms. The molecule has 1 aromatic heterocycles. The van der Waals surface area contributed by atoms with Crippen molar-refractivity contribution in [2.75, 3.05) is 44.7 Å². The number of carbonyl (C=O) groups excluding carboxylic acids is 1. The smallest absolute Gasteiger partial charge is 0.236 e. The summed E-state index contributed by atoms with van der Waals surface area (Å²) in [6, 6.07) is 0.408. The predicted molar refractivity (Wildman–Crippen MR) is 104 cm³/mol. The van der Waals surface area contributed by atoms with Crippen molar-refractivity contribution in [2.24, 2.45) is 0 Å². The van der Waals surface area contributed by atoms with Gasteiger partial charge in [0, 0.05) is 51.7 Å². The lowest BCUT2D eigenvalue weighted by atomic mass is 10.0. The molecule has 0 N–H and O–H groups in total. The quantitative estimate of drug-likeness (QED) is 0.732. The molecular weight excluding hydrogens is 398 g/mol. The number of nitrogens with zero attached hydrogens (tertiary/aromatic N) is 5. The minimum atomic E-state index is 0.119. The number of ether oxygens (including phenoxy) is 1. The van der Waals surface area contributed by atoms with E-state index >= 15 is 0 Å². The summed E-state index contributed by atoms with van der Waals surface area (Å²) in [6.07, 6.45) is 5.81. The van der Waals surface area contributed by atoms with Crippen molar-refractivity contribution >= 4 is 27.8 Å². The molecule has 2 aliphatic rings. The second-order valence-electron chi connectivity index (χ2n) is 7.38. The molecule has 144 valence electrons. The fourth-order valence-corrected chi connectivity index (χ4v) is 3.99. The van der Waals surface area contributed by atoms with Crippen molar-refractivity contribution < 1.29 is 9.53 Å². The summed E-state index contributed by atoms with van der Waals surface area (Å²) in [4.78, 5) is 27.7. The number of likely N-dealkylation sites (tertiary alicyclic amines) is 1. The predicted octanol–water partition coefficient (Wildman–Crippen LogP) is 1.78.